The number of nitrogens with two attached hydrogens (primary N) is 1. The normalized spacial score (nSPS) is 18.4. The third-order valence-corrected chi connectivity index (χ3v) is 3.17. The Morgan fingerprint density at radius 2 is 2.27 bits per heavy atom. The second-order valence-corrected chi connectivity index (χ2v) is 4.62. The van der Waals surface area contributed by atoms with Crippen LogP contribution >= 0.6 is 0 Å². The van der Waals surface area contributed by atoms with Crippen LogP contribution in [0.3, 0.4) is 0 Å². The van der Waals surface area contributed by atoms with Crippen LogP contribution in [0.25, 0.3) is 0 Å². The van der Waals surface area contributed by atoms with Crippen molar-refractivity contribution in [1.29, 1.82) is 0 Å². The molecule has 0 heterocycles. The lowest BCUT2D eigenvalue weighted by Crippen LogP contribution is -2.10. The van der Waals surface area contributed by atoms with E-state index >= 15 is 0 Å². The lowest BCUT2D eigenvalue weighted by molar-refractivity contribution is -0.116. The molecule has 1 rings (SSSR count). The molecule has 0 aromatic rings. The zero-order valence-corrected chi connectivity index (χ0v) is 9.80. The van der Waals surface area contributed by atoms with Gasteiger partial charge in [-0.05, 0) is 56.6 Å². The Kier molecular flexibility index (Phi) is 5.62. The number of hydrogen-bond donors (Lipinski definition) is 1. The maximum atomic E-state index is 11.8. The molecule has 86 valence electrons. The molecule has 2 nitrogen and oxygen atoms in total. The number of carbonyl (C=O) groups excluding carboxylic acids is 1. The Bertz CT molecular complexity index is 233. The fourth-order valence-corrected chi connectivity index (χ4v) is 2.06. The number of hydrogen-bond acceptors (Lipinski definition) is 2. The predicted octanol–water partition coefficient (Wildman–Crippen LogP) is 2.82. The van der Waals surface area contributed by atoms with E-state index in [9.17, 15) is 4.79 Å². The number of allylic oxidation sites excluding steroid dienone is 2. The van der Waals surface area contributed by atoms with Gasteiger partial charge >= 0.3 is 0 Å². The molecule has 0 aromatic carbocycles. The summed E-state index contributed by atoms with van der Waals surface area (Å²) in [7, 11) is 0. The van der Waals surface area contributed by atoms with E-state index in [-0.39, 0.29) is 0 Å². The van der Waals surface area contributed by atoms with Crippen LogP contribution in [-0.2, 0) is 4.79 Å². The van der Waals surface area contributed by atoms with E-state index in [0.717, 1.165) is 37.8 Å². The molecule has 1 atom stereocenters. The lowest BCUT2D eigenvalue weighted by Gasteiger charge is -2.13. The van der Waals surface area contributed by atoms with Crippen LogP contribution in [0.1, 0.15) is 51.9 Å². The Balaban J connectivity index is 2.26. The number of Topliss-reactive ketones (excluding diaryl/α,β-unsaturated/α-hetero) is 1. The second kappa shape index (κ2) is 6.78. The van der Waals surface area contributed by atoms with Crippen molar-refractivity contribution < 1.29 is 4.79 Å². The van der Waals surface area contributed by atoms with Gasteiger partial charge < -0.3 is 5.73 Å². The van der Waals surface area contributed by atoms with Crippen LogP contribution in [0.15, 0.2) is 11.6 Å². The summed E-state index contributed by atoms with van der Waals surface area (Å²) < 4.78 is 0. The molecule has 0 saturated carbocycles. The Hall–Kier alpha value is -0.630. The van der Waals surface area contributed by atoms with E-state index in [1.807, 2.05) is 0 Å². The molecule has 0 fully saturated rings. The van der Waals surface area contributed by atoms with Crippen molar-refractivity contribution in [1.82, 2.24) is 0 Å². The van der Waals surface area contributed by atoms with Crippen molar-refractivity contribution in [3.8, 4) is 0 Å². The van der Waals surface area contributed by atoms with Crippen molar-refractivity contribution in [2.24, 2.45) is 11.7 Å². The highest BCUT2D eigenvalue weighted by molar-refractivity contribution is 5.95. The summed E-state index contributed by atoms with van der Waals surface area (Å²) in [5, 5.41) is 0. The molecule has 2 heteroatoms. The van der Waals surface area contributed by atoms with Gasteiger partial charge in [0.2, 0.25) is 0 Å². The fraction of sp³-hybridized carbons (Fsp3) is 0.769. The average Bonchev–Trinajstić information content (AvgIpc) is 2.27. The van der Waals surface area contributed by atoms with Crippen LogP contribution in [0, 0.1) is 5.92 Å². The van der Waals surface area contributed by atoms with E-state index in [1.165, 1.54) is 12.8 Å². The first-order valence-electron chi connectivity index (χ1n) is 6.16. The monoisotopic (exact) mass is 209 g/mol. The summed E-state index contributed by atoms with van der Waals surface area (Å²) in [5.74, 6) is 0.960. The summed E-state index contributed by atoms with van der Waals surface area (Å²) in [6, 6.07) is 0. The molecule has 0 amide bonds. The first-order chi connectivity index (χ1) is 7.24. The van der Waals surface area contributed by atoms with Gasteiger partial charge in [0.1, 0.15) is 0 Å². The van der Waals surface area contributed by atoms with E-state index in [2.05, 4.69) is 13.0 Å². The molecule has 0 spiro atoms. The van der Waals surface area contributed by atoms with Crippen LogP contribution in [0.4, 0.5) is 0 Å². The number of carbonyl (C=O) groups is 1. The first kappa shape index (κ1) is 12.4. The lowest BCUT2D eigenvalue weighted by atomic mass is 9.92. The van der Waals surface area contributed by atoms with Gasteiger partial charge in [0, 0.05) is 6.42 Å². The van der Waals surface area contributed by atoms with E-state index in [4.69, 9.17) is 5.73 Å². The van der Waals surface area contributed by atoms with Crippen molar-refractivity contribution in [2.45, 2.75) is 51.9 Å². The average molecular weight is 209 g/mol. The molecule has 0 saturated heterocycles. The minimum atomic E-state index is 0.374. The van der Waals surface area contributed by atoms with Crippen molar-refractivity contribution >= 4 is 5.78 Å². The maximum absolute atomic E-state index is 11.8. The standard InChI is InChI=1S/C13H23NO/c1-11(9-10-14)7-8-13(15)12-5-3-2-4-6-12/h5,11H,2-4,6-10,14H2,1H3. The number of rotatable bonds is 6. The largest absolute Gasteiger partial charge is 0.330 e. The molecule has 0 aliphatic heterocycles. The smallest absolute Gasteiger partial charge is 0.158 e. The zero-order chi connectivity index (χ0) is 11.1. The fourth-order valence-electron chi connectivity index (χ4n) is 2.06. The molecule has 2 N–H and O–H groups in total. The molecular weight excluding hydrogens is 186 g/mol. The quantitative estimate of drug-likeness (QED) is 0.731. The van der Waals surface area contributed by atoms with Gasteiger partial charge in [-0.1, -0.05) is 13.0 Å². The zero-order valence-electron chi connectivity index (χ0n) is 9.80. The summed E-state index contributed by atoms with van der Waals surface area (Å²) in [4.78, 5) is 11.8. The topological polar surface area (TPSA) is 43.1 Å². The third-order valence-electron chi connectivity index (χ3n) is 3.17. The molecule has 1 aliphatic carbocycles. The molecule has 0 radical (unpaired) electrons. The molecule has 15 heavy (non-hydrogen) atoms. The summed E-state index contributed by atoms with van der Waals surface area (Å²) >= 11 is 0. The van der Waals surface area contributed by atoms with Crippen LogP contribution in [-0.4, -0.2) is 12.3 Å². The van der Waals surface area contributed by atoms with E-state index in [1.54, 1.807) is 0 Å². The van der Waals surface area contributed by atoms with Gasteiger partial charge in [0.05, 0.1) is 0 Å². The van der Waals surface area contributed by atoms with E-state index < -0.39 is 0 Å². The van der Waals surface area contributed by atoms with Gasteiger partial charge in [0.25, 0.3) is 0 Å². The second-order valence-electron chi connectivity index (χ2n) is 4.62. The molecular formula is C13H23NO. The van der Waals surface area contributed by atoms with Gasteiger partial charge in [0.15, 0.2) is 5.78 Å². The highest BCUT2D eigenvalue weighted by Gasteiger charge is 2.13. The maximum Gasteiger partial charge on any atom is 0.158 e. The predicted molar refractivity (Wildman–Crippen MR) is 63.6 cm³/mol. The molecule has 1 aliphatic rings. The van der Waals surface area contributed by atoms with Gasteiger partial charge in [-0.2, -0.15) is 0 Å². The van der Waals surface area contributed by atoms with Crippen molar-refractivity contribution in [3.63, 3.8) is 0 Å². The van der Waals surface area contributed by atoms with E-state index in [0.29, 0.717) is 18.1 Å². The van der Waals surface area contributed by atoms with Crippen LogP contribution < -0.4 is 5.73 Å². The SMILES string of the molecule is CC(CCN)CCC(=O)C1=CCCCC1. The first-order valence-corrected chi connectivity index (χ1v) is 6.16. The summed E-state index contributed by atoms with van der Waals surface area (Å²) in [6.45, 7) is 2.91. The summed E-state index contributed by atoms with van der Waals surface area (Å²) in [6.07, 6.45) is 9.42. The van der Waals surface area contributed by atoms with Crippen LogP contribution in [0.5, 0.6) is 0 Å². The molecule has 1 unspecified atom stereocenters. The van der Waals surface area contributed by atoms with Gasteiger partial charge in [-0.25, -0.2) is 0 Å². The van der Waals surface area contributed by atoms with Gasteiger partial charge in [-0.3, -0.25) is 4.79 Å². The number of ketones is 1. The van der Waals surface area contributed by atoms with Gasteiger partial charge in [-0.15, -0.1) is 0 Å². The van der Waals surface area contributed by atoms with Crippen LogP contribution in [0.2, 0.25) is 0 Å². The minimum Gasteiger partial charge on any atom is -0.330 e. The summed E-state index contributed by atoms with van der Waals surface area (Å²) in [5.41, 5.74) is 6.57. The minimum absolute atomic E-state index is 0.374. The van der Waals surface area contributed by atoms with Crippen molar-refractivity contribution in [3.05, 3.63) is 11.6 Å². The highest BCUT2D eigenvalue weighted by Crippen LogP contribution is 2.21. The Labute approximate surface area is 92.9 Å². The third kappa shape index (κ3) is 4.61. The van der Waals surface area contributed by atoms with Crippen molar-refractivity contribution in [2.75, 3.05) is 6.54 Å². The Morgan fingerprint density at radius 3 is 2.87 bits per heavy atom. The Morgan fingerprint density at radius 1 is 1.47 bits per heavy atom. The highest BCUT2D eigenvalue weighted by atomic mass is 16.1. The molecule has 0 aromatic heterocycles. The molecule has 0 bridgehead atoms.